The lowest BCUT2D eigenvalue weighted by Crippen LogP contribution is -2.41. The number of amides is 3. The highest BCUT2D eigenvalue weighted by molar-refractivity contribution is 5.94. The molecule has 0 saturated heterocycles. The molecule has 31 heavy (non-hydrogen) atoms. The van der Waals surface area contributed by atoms with E-state index in [2.05, 4.69) is 30.9 Å². The van der Waals surface area contributed by atoms with Gasteiger partial charge in [-0.3, -0.25) is 4.79 Å². The average Bonchev–Trinajstić information content (AvgIpc) is 3.33. The van der Waals surface area contributed by atoms with E-state index in [4.69, 9.17) is 0 Å². The molecule has 0 fully saturated rings. The van der Waals surface area contributed by atoms with Crippen LogP contribution in [-0.4, -0.2) is 46.3 Å². The summed E-state index contributed by atoms with van der Waals surface area (Å²) in [6.45, 7) is 4.27. The zero-order valence-electron chi connectivity index (χ0n) is 17.8. The number of para-hydroxylation sites is 1. The largest absolute Gasteiger partial charge is 0.370 e. The molecule has 0 aliphatic carbocycles. The second-order valence-corrected chi connectivity index (χ2v) is 7.25. The maximum Gasteiger partial charge on any atom is 0.319 e. The summed E-state index contributed by atoms with van der Waals surface area (Å²) in [7, 11) is 2.00. The van der Waals surface area contributed by atoms with Crippen LogP contribution in [0.3, 0.4) is 0 Å². The Morgan fingerprint density at radius 3 is 2.26 bits per heavy atom. The number of aromatic nitrogens is 3. The molecule has 0 saturated carbocycles. The highest BCUT2D eigenvalue weighted by atomic mass is 16.2. The molecule has 0 radical (unpaired) electrons. The molecule has 1 heterocycles. The Balaban J connectivity index is 1.46. The number of urea groups is 1. The summed E-state index contributed by atoms with van der Waals surface area (Å²) in [5.41, 5.74) is 2.35. The number of nitrogens with one attached hydrogen (secondary N) is 3. The lowest BCUT2D eigenvalue weighted by molar-refractivity contribution is -0.119. The van der Waals surface area contributed by atoms with Gasteiger partial charge in [-0.2, -0.15) is 5.10 Å². The smallest absolute Gasteiger partial charge is 0.319 e. The second kappa shape index (κ2) is 10.2. The molecule has 2 aromatic carbocycles. The van der Waals surface area contributed by atoms with Crippen molar-refractivity contribution in [3.05, 3.63) is 67.3 Å². The third-order valence-corrected chi connectivity index (χ3v) is 5.01. The first-order valence-corrected chi connectivity index (χ1v) is 10.0. The van der Waals surface area contributed by atoms with Crippen LogP contribution in [0.4, 0.5) is 21.9 Å². The Morgan fingerprint density at radius 2 is 1.65 bits per heavy atom. The molecule has 9 nitrogen and oxygen atoms in total. The van der Waals surface area contributed by atoms with Gasteiger partial charge in [0.15, 0.2) is 0 Å². The van der Waals surface area contributed by atoms with Crippen molar-refractivity contribution in [2.75, 3.05) is 29.1 Å². The van der Waals surface area contributed by atoms with Crippen molar-refractivity contribution < 1.29 is 9.59 Å². The van der Waals surface area contributed by atoms with Gasteiger partial charge < -0.3 is 20.9 Å². The van der Waals surface area contributed by atoms with Gasteiger partial charge >= 0.3 is 6.03 Å². The van der Waals surface area contributed by atoms with Gasteiger partial charge in [-0.25, -0.2) is 14.5 Å². The standard InChI is InChI=1S/C22H27N7O2/c1-16(28(3)20-7-5-4-6-8-20)13-24-22(31)27-19-11-9-18(10-12-19)26-21(30)17(2)29-15-23-14-25-29/h4-12,14-17H,13H2,1-3H3,(H,26,30)(H2,24,27,31)/t16-,17-/m1/s1. The van der Waals surface area contributed by atoms with Crippen molar-refractivity contribution in [3.8, 4) is 0 Å². The third kappa shape index (κ3) is 6.05. The van der Waals surface area contributed by atoms with E-state index in [9.17, 15) is 9.59 Å². The van der Waals surface area contributed by atoms with Crippen LogP contribution in [0.5, 0.6) is 0 Å². The summed E-state index contributed by atoms with van der Waals surface area (Å²) in [6, 6.07) is 16.3. The summed E-state index contributed by atoms with van der Waals surface area (Å²) in [4.78, 5) is 30.5. The quantitative estimate of drug-likeness (QED) is 0.518. The normalized spacial score (nSPS) is 12.5. The molecular weight excluding hydrogens is 394 g/mol. The van der Waals surface area contributed by atoms with Gasteiger partial charge in [-0.15, -0.1) is 0 Å². The molecule has 0 aliphatic heterocycles. The Labute approximate surface area is 181 Å². The molecular formula is C22H27N7O2. The van der Waals surface area contributed by atoms with E-state index in [0.717, 1.165) is 5.69 Å². The molecule has 9 heteroatoms. The van der Waals surface area contributed by atoms with Gasteiger partial charge in [0.25, 0.3) is 0 Å². The van der Waals surface area contributed by atoms with Gasteiger partial charge in [0.05, 0.1) is 0 Å². The van der Waals surface area contributed by atoms with Crippen molar-refractivity contribution in [1.82, 2.24) is 20.1 Å². The monoisotopic (exact) mass is 421 g/mol. The first-order valence-electron chi connectivity index (χ1n) is 10.0. The Kier molecular flexibility index (Phi) is 7.21. The number of rotatable bonds is 8. The number of benzene rings is 2. The van der Waals surface area contributed by atoms with Crippen LogP contribution in [0.1, 0.15) is 19.9 Å². The molecule has 0 bridgehead atoms. The van der Waals surface area contributed by atoms with E-state index in [1.54, 1.807) is 31.2 Å². The Hall–Kier alpha value is -3.88. The van der Waals surface area contributed by atoms with Gasteiger partial charge in [0, 0.05) is 36.7 Å². The summed E-state index contributed by atoms with van der Waals surface area (Å²) >= 11 is 0. The minimum atomic E-state index is -0.484. The van der Waals surface area contributed by atoms with Crippen LogP contribution in [0.15, 0.2) is 67.3 Å². The van der Waals surface area contributed by atoms with Gasteiger partial charge in [0.2, 0.25) is 5.91 Å². The Bertz CT molecular complexity index is 975. The number of carbonyl (C=O) groups is 2. The average molecular weight is 422 g/mol. The number of hydrogen-bond acceptors (Lipinski definition) is 5. The lowest BCUT2D eigenvalue weighted by Gasteiger charge is -2.27. The molecule has 2 atom stereocenters. The zero-order valence-corrected chi connectivity index (χ0v) is 17.8. The summed E-state index contributed by atoms with van der Waals surface area (Å²) in [5.74, 6) is -0.208. The predicted molar refractivity (Wildman–Crippen MR) is 121 cm³/mol. The molecule has 0 aliphatic rings. The molecule has 0 spiro atoms. The SMILES string of the molecule is C[C@H](CNC(=O)Nc1ccc(NC(=O)[C@@H](C)n2cncn2)cc1)N(C)c1ccccc1. The molecule has 3 N–H and O–H groups in total. The maximum atomic E-state index is 12.3. The van der Waals surface area contributed by atoms with E-state index >= 15 is 0 Å². The van der Waals surface area contributed by atoms with Crippen molar-refractivity contribution in [1.29, 1.82) is 0 Å². The van der Waals surface area contributed by atoms with Crippen molar-refractivity contribution in [3.63, 3.8) is 0 Å². The van der Waals surface area contributed by atoms with Crippen LogP contribution in [0.2, 0.25) is 0 Å². The first-order chi connectivity index (χ1) is 14.9. The van der Waals surface area contributed by atoms with Crippen molar-refractivity contribution in [2.45, 2.75) is 25.9 Å². The van der Waals surface area contributed by atoms with E-state index in [0.29, 0.717) is 17.9 Å². The minimum Gasteiger partial charge on any atom is -0.370 e. The van der Waals surface area contributed by atoms with Crippen LogP contribution in [0, 0.1) is 0 Å². The Morgan fingerprint density at radius 1 is 1.00 bits per heavy atom. The fourth-order valence-corrected chi connectivity index (χ4v) is 2.89. The van der Waals surface area contributed by atoms with E-state index in [1.165, 1.54) is 17.3 Å². The number of anilines is 3. The third-order valence-electron chi connectivity index (χ3n) is 5.01. The van der Waals surface area contributed by atoms with Crippen molar-refractivity contribution in [2.24, 2.45) is 0 Å². The lowest BCUT2D eigenvalue weighted by atomic mass is 10.2. The zero-order chi connectivity index (χ0) is 22.2. The highest BCUT2D eigenvalue weighted by Crippen LogP contribution is 2.16. The van der Waals surface area contributed by atoms with Gasteiger partial charge in [-0.05, 0) is 50.2 Å². The van der Waals surface area contributed by atoms with Crippen LogP contribution in [0.25, 0.3) is 0 Å². The predicted octanol–water partition coefficient (Wildman–Crippen LogP) is 3.12. The molecule has 0 unspecified atom stereocenters. The minimum absolute atomic E-state index is 0.123. The summed E-state index contributed by atoms with van der Waals surface area (Å²) < 4.78 is 1.48. The topological polar surface area (TPSA) is 104 Å². The molecule has 3 amide bonds. The van der Waals surface area contributed by atoms with Crippen LogP contribution in [-0.2, 0) is 4.79 Å². The van der Waals surface area contributed by atoms with Crippen LogP contribution < -0.4 is 20.9 Å². The van der Waals surface area contributed by atoms with Gasteiger partial charge in [-0.1, -0.05) is 18.2 Å². The number of carbonyl (C=O) groups excluding carboxylic acids is 2. The van der Waals surface area contributed by atoms with E-state index in [1.807, 2.05) is 44.3 Å². The molecule has 3 aromatic rings. The highest BCUT2D eigenvalue weighted by Gasteiger charge is 2.15. The summed E-state index contributed by atoms with van der Waals surface area (Å²) in [6.07, 6.45) is 2.88. The number of nitrogens with zero attached hydrogens (tertiary/aromatic N) is 4. The van der Waals surface area contributed by atoms with E-state index < -0.39 is 6.04 Å². The second-order valence-electron chi connectivity index (χ2n) is 7.25. The van der Waals surface area contributed by atoms with Gasteiger partial charge in [0.1, 0.15) is 18.7 Å². The molecule has 3 rings (SSSR count). The fourth-order valence-electron chi connectivity index (χ4n) is 2.89. The fraction of sp³-hybridized carbons (Fsp3) is 0.273. The number of hydrogen-bond donors (Lipinski definition) is 3. The maximum absolute atomic E-state index is 12.3. The molecule has 162 valence electrons. The number of likely N-dealkylation sites (N-methyl/N-ethyl adjacent to an activating group) is 1. The first kappa shape index (κ1) is 21.8. The van der Waals surface area contributed by atoms with E-state index in [-0.39, 0.29) is 18.0 Å². The van der Waals surface area contributed by atoms with Crippen LogP contribution >= 0.6 is 0 Å². The molecule has 1 aromatic heterocycles. The summed E-state index contributed by atoms with van der Waals surface area (Å²) in [5, 5.41) is 12.5. The van der Waals surface area contributed by atoms with Crippen molar-refractivity contribution >= 4 is 29.0 Å².